The third-order valence-electron chi connectivity index (χ3n) is 23.5. The maximum Gasteiger partial charge on any atom is 0.0165 e. The van der Waals surface area contributed by atoms with Crippen molar-refractivity contribution >= 4 is 75.4 Å². The summed E-state index contributed by atoms with van der Waals surface area (Å²) >= 11 is 0. The molecule has 2 aliphatic carbocycles. The zero-order valence-corrected chi connectivity index (χ0v) is 59.8. The highest BCUT2D eigenvalue weighted by atomic mass is 14.4. The molecule has 0 amide bonds. The van der Waals surface area contributed by atoms with Crippen molar-refractivity contribution < 1.29 is 0 Å². The van der Waals surface area contributed by atoms with Gasteiger partial charge in [-0.05, 0) is 227 Å². The van der Waals surface area contributed by atoms with E-state index in [2.05, 4.69) is 404 Å². The molecule has 0 spiro atoms. The maximum absolute atomic E-state index is 2.42. The van der Waals surface area contributed by atoms with Crippen molar-refractivity contribution in [2.24, 2.45) is 0 Å². The van der Waals surface area contributed by atoms with Gasteiger partial charge in [-0.3, -0.25) is 0 Å². The quantitative estimate of drug-likeness (QED) is 0.133. The Bertz CT molecular complexity index is 6640. The molecule has 19 aromatic carbocycles. The van der Waals surface area contributed by atoms with E-state index in [-0.39, 0.29) is 10.8 Å². The summed E-state index contributed by atoms with van der Waals surface area (Å²) in [5.74, 6) is 0. The number of hydrogen-bond acceptors (Lipinski definition) is 0. The highest BCUT2D eigenvalue weighted by Gasteiger charge is 2.39. The van der Waals surface area contributed by atoms with Crippen LogP contribution in [0.3, 0.4) is 0 Å². The minimum atomic E-state index is -0.0561. The first-order valence-electron chi connectivity index (χ1n) is 37.3. The van der Waals surface area contributed by atoms with Gasteiger partial charge in [-0.15, -0.1) is 0 Å². The lowest BCUT2D eigenvalue weighted by Crippen LogP contribution is -2.15. The number of hydrogen-bond donors (Lipinski definition) is 0. The molecule has 0 aliphatic heterocycles. The van der Waals surface area contributed by atoms with Crippen molar-refractivity contribution in [2.45, 2.75) is 38.5 Å². The first-order chi connectivity index (χ1) is 52.1. The van der Waals surface area contributed by atoms with Crippen LogP contribution in [0.4, 0.5) is 0 Å². The van der Waals surface area contributed by atoms with E-state index in [0.29, 0.717) is 0 Å². The fraction of sp³-hybridized carbons (Fsp3) is 0.0566. The second-order valence-corrected chi connectivity index (χ2v) is 30.1. The average Bonchev–Trinajstić information content (AvgIpc) is 1.55. The molecular weight excluding hydrogens is 1270 g/mol. The Morgan fingerprint density at radius 2 is 0.425 bits per heavy atom. The number of fused-ring (bicyclic) bond motifs is 15. The van der Waals surface area contributed by atoms with Crippen molar-refractivity contribution in [3.63, 3.8) is 0 Å². The van der Waals surface area contributed by atoms with Crippen LogP contribution >= 0.6 is 0 Å². The van der Waals surface area contributed by atoms with Gasteiger partial charge in [0.25, 0.3) is 0 Å². The average molecular weight is 1350 g/mol. The summed E-state index contributed by atoms with van der Waals surface area (Å²) in [5.41, 5.74) is 31.0. The summed E-state index contributed by atoms with van der Waals surface area (Å²) in [6.07, 6.45) is 0. The van der Waals surface area contributed by atoms with E-state index in [1.54, 1.807) is 0 Å². The van der Waals surface area contributed by atoms with Gasteiger partial charge in [0.2, 0.25) is 0 Å². The summed E-state index contributed by atoms with van der Waals surface area (Å²) in [5, 5.41) is 18.0. The largest absolute Gasteiger partial charge is 0.0622 e. The van der Waals surface area contributed by atoms with E-state index in [1.807, 2.05) is 0 Å². The fourth-order valence-electron chi connectivity index (χ4n) is 18.5. The molecule has 19 aromatic rings. The van der Waals surface area contributed by atoms with E-state index in [1.165, 1.54) is 209 Å². The molecule has 0 heteroatoms. The van der Waals surface area contributed by atoms with Crippen molar-refractivity contribution in [2.75, 3.05) is 0 Å². The zero-order valence-electron chi connectivity index (χ0n) is 59.8. The zero-order chi connectivity index (χ0) is 70.8. The Labute approximate surface area is 619 Å². The molecule has 0 heterocycles. The molecule has 0 unspecified atom stereocenters. The Morgan fingerprint density at radius 3 is 0.830 bits per heavy atom. The van der Waals surface area contributed by atoms with Crippen LogP contribution in [0.15, 0.2) is 376 Å². The SMILES string of the molecule is CC1(C)c2ccc(-c3ccc(-c4c5ccccc5c(-c5ccc(-c6ccccc6)cc5)c5ccccc45)cc3)cc2-c2ccc3ccccc3c21.CC1(C)c2ccc(-c3ccc(-c4c5ccccc5c(-c5cccc(-c6cccc7ccccc67)c5)c5ccccc45)cc3)cc2-c2ccc3ccccc3c21. The highest BCUT2D eigenvalue weighted by Crippen LogP contribution is 2.55. The molecule has 0 atom stereocenters. The second kappa shape index (κ2) is 24.9. The van der Waals surface area contributed by atoms with Gasteiger partial charge in [0.15, 0.2) is 0 Å². The van der Waals surface area contributed by atoms with E-state index in [9.17, 15) is 0 Å². The van der Waals surface area contributed by atoms with Crippen LogP contribution in [-0.4, -0.2) is 0 Å². The molecule has 2 aliphatic rings. The summed E-state index contributed by atoms with van der Waals surface area (Å²) in [7, 11) is 0. The Balaban J connectivity index is 0.000000141. The molecule has 21 rings (SSSR count). The van der Waals surface area contributed by atoms with Gasteiger partial charge in [-0.2, -0.15) is 0 Å². The first kappa shape index (κ1) is 62.8. The predicted molar refractivity (Wildman–Crippen MR) is 454 cm³/mol. The number of rotatable bonds is 8. The van der Waals surface area contributed by atoms with Crippen molar-refractivity contribution in [1.82, 2.24) is 0 Å². The minimum Gasteiger partial charge on any atom is -0.0622 e. The first-order valence-corrected chi connectivity index (χ1v) is 37.3. The van der Waals surface area contributed by atoms with Crippen molar-refractivity contribution in [3.8, 4) is 111 Å². The molecule has 0 nitrogen and oxygen atoms in total. The van der Waals surface area contributed by atoms with Crippen LogP contribution in [0, 0.1) is 0 Å². The van der Waals surface area contributed by atoms with E-state index in [4.69, 9.17) is 0 Å². The van der Waals surface area contributed by atoms with Gasteiger partial charge in [0.05, 0.1) is 0 Å². The number of benzene rings is 19. The van der Waals surface area contributed by atoms with Crippen molar-refractivity contribution in [1.29, 1.82) is 0 Å². The molecule has 0 bridgehead atoms. The monoisotopic (exact) mass is 1350 g/mol. The molecule has 498 valence electrons. The normalized spacial score (nSPS) is 13.1. The summed E-state index contributed by atoms with van der Waals surface area (Å²) in [6.45, 7) is 9.50. The van der Waals surface area contributed by atoms with E-state index in [0.717, 1.165) is 0 Å². The molecule has 0 saturated carbocycles. The highest BCUT2D eigenvalue weighted by molar-refractivity contribution is 6.23. The lowest BCUT2D eigenvalue weighted by atomic mass is 9.80. The van der Waals surface area contributed by atoms with Crippen LogP contribution in [-0.2, 0) is 10.8 Å². The third kappa shape index (κ3) is 10.1. The molecular formula is C106H74. The molecule has 106 heavy (non-hydrogen) atoms. The summed E-state index contributed by atoms with van der Waals surface area (Å²) < 4.78 is 0. The van der Waals surface area contributed by atoms with Crippen LogP contribution in [0.25, 0.3) is 187 Å². The molecule has 0 aromatic heterocycles. The third-order valence-corrected chi connectivity index (χ3v) is 23.5. The molecule has 0 fully saturated rings. The van der Waals surface area contributed by atoms with Gasteiger partial charge in [0.1, 0.15) is 0 Å². The van der Waals surface area contributed by atoms with Gasteiger partial charge >= 0.3 is 0 Å². The summed E-state index contributed by atoms with van der Waals surface area (Å²) in [6, 6.07) is 139. The Morgan fingerprint density at radius 1 is 0.151 bits per heavy atom. The Kier molecular flexibility index (Phi) is 14.7. The fourth-order valence-corrected chi connectivity index (χ4v) is 18.5. The van der Waals surface area contributed by atoms with Gasteiger partial charge < -0.3 is 0 Å². The maximum atomic E-state index is 2.42. The van der Waals surface area contributed by atoms with Gasteiger partial charge in [0, 0.05) is 10.8 Å². The molecule has 0 radical (unpaired) electrons. The van der Waals surface area contributed by atoms with Crippen LogP contribution in [0.1, 0.15) is 49.9 Å². The Hall–Kier alpha value is -13.0. The van der Waals surface area contributed by atoms with Crippen LogP contribution in [0.2, 0.25) is 0 Å². The van der Waals surface area contributed by atoms with Crippen LogP contribution < -0.4 is 0 Å². The van der Waals surface area contributed by atoms with Crippen LogP contribution in [0.5, 0.6) is 0 Å². The van der Waals surface area contributed by atoms with Gasteiger partial charge in [-0.1, -0.05) is 386 Å². The summed E-state index contributed by atoms with van der Waals surface area (Å²) in [4.78, 5) is 0. The van der Waals surface area contributed by atoms with E-state index < -0.39 is 0 Å². The minimum absolute atomic E-state index is 0.0495. The standard InChI is InChI=1S/C55H38.C51H36/c1-55(2)51-32-30-39(34-50(51)49-31-29-37-14-4-6-19-44(37)54(49)55)35-25-27-38(28-26-35)52-45-20-7-9-22-47(45)53(48-23-10-8-21-46(48)52)41-17-11-16-40(33-41)43-24-12-15-36-13-3-5-18-42(36)43;1-51(2)47-31-29-39(32-46(47)45-30-28-36-14-6-7-15-40(36)50(45)51)35-22-26-38(27-23-35)49-43-18-10-8-16-41(43)48(42-17-9-11-19-44(42)49)37-24-20-34(21-25-37)33-12-4-3-5-13-33/h3-34H,1-2H3;3-32H,1-2H3. The molecule has 0 N–H and O–H groups in total. The smallest absolute Gasteiger partial charge is 0.0165 e. The predicted octanol–water partition coefficient (Wildman–Crippen LogP) is 29.4. The lowest BCUT2D eigenvalue weighted by Gasteiger charge is -2.23. The topological polar surface area (TPSA) is 0 Å². The second-order valence-electron chi connectivity index (χ2n) is 30.1. The van der Waals surface area contributed by atoms with Gasteiger partial charge in [-0.25, -0.2) is 0 Å². The van der Waals surface area contributed by atoms with Crippen molar-refractivity contribution in [3.05, 3.63) is 398 Å². The lowest BCUT2D eigenvalue weighted by molar-refractivity contribution is 0.666. The van der Waals surface area contributed by atoms with E-state index >= 15 is 0 Å². The molecule has 0 saturated heterocycles.